The van der Waals surface area contributed by atoms with Crippen molar-refractivity contribution in [2.45, 2.75) is 12.2 Å². The van der Waals surface area contributed by atoms with Crippen molar-refractivity contribution in [3.63, 3.8) is 0 Å². The van der Waals surface area contributed by atoms with E-state index in [0.717, 1.165) is 6.08 Å². The van der Waals surface area contributed by atoms with Crippen molar-refractivity contribution in [3.05, 3.63) is 23.5 Å². The zero-order valence-corrected chi connectivity index (χ0v) is 7.98. The normalized spacial score (nSPS) is 26.5. The number of rotatable bonds is 2. The zero-order valence-electron chi connectivity index (χ0n) is 7.98. The fourth-order valence-electron chi connectivity index (χ4n) is 1.12. The summed E-state index contributed by atoms with van der Waals surface area (Å²) in [5, 5.41) is 19.0. The van der Waals surface area contributed by atoms with E-state index >= 15 is 0 Å². The largest absolute Gasteiger partial charge is 0.507 e. The lowest BCUT2D eigenvalue weighted by atomic mass is 10.00. The molecule has 0 saturated carbocycles. The van der Waals surface area contributed by atoms with E-state index in [9.17, 15) is 15.0 Å². The molecule has 0 aliphatic heterocycles. The SMILES string of the molecule is COC(=O)C1=CCC(O)(OC)C(O)=C1. The number of carbonyl (C=O) groups is 1. The minimum absolute atomic E-state index is 0.0102. The lowest BCUT2D eigenvalue weighted by molar-refractivity contribution is -0.174. The van der Waals surface area contributed by atoms with E-state index < -0.39 is 17.5 Å². The number of ether oxygens (including phenoxy) is 2. The Kier molecular flexibility index (Phi) is 2.93. The number of esters is 1. The van der Waals surface area contributed by atoms with Crippen LogP contribution < -0.4 is 0 Å². The van der Waals surface area contributed by atoms with Crippen LogP contribution in [0.1, 0.15) is 6.42 Å². The Bertz CT molecular complexity index is 304. The molecule has 0 spiro atoms. The van der Waals surface area contributed by atoms with Crippen LogP contribution in [0, 0.1) is 0 Å². The van der Waals surface area contributed by atoms with Gasteiger partial charge in [-0.2, -0.15) is 0 Å². The lowest BCUT2D eigenvalue weighted by Gasteiger charge is -2.27. The molecule has 0 saturated heterocycles. The average molecular weight is 200 g/mol. The summed E-state index contributed by atoms with van der Waals surface area (Å²) in [6.07, 6.45) is 2.57. The summed E-state index contributed by atoms with van der Waals surface area (Å²) < 4.78 is 9.15. The molecule has 1 unspecified atom stereocenters. The Labute approximate surface area is 81.3 Å². The average Bonchev–Trinajstić information content (AvgIpc) is 2.21. The summed E-state index contributed by atoms with van der Waals surface area (Å²) in [7, 11) is 2.51. The first-order valence-electron chi connectivity index (χ1n) is 4.00. The molecule has 1 rings (SSSR count). The highest BCUT2D eigenvalue weighted by Crippen LogP contribution is 2.27. The topological polar surface area (TPSA) is 76.0 Å². The summed E-state index contributed by atoms with van der Waals surface area (Å²) in [6, 6.07) is 0. The van der Waals surface area contributed by atoms with Gasteiger partial charge in [0, 0.05) is 13.5 Å². The molecule has 0 amide bonds. The van der Waals surface area contributed by atoms with Gasteiger partial charge in [0.1, 0.15) is 0 Å². The molecule has 1 aliphatic carbocycles. The molecule has 78 valence electrons. The van der Waals surface area contributed by atoms with Crippen LogP contribution in [0.4, 0.5) is 0 Å². The number of carbonyl (C=O) groups excluding carboxylic acids is 1. The highest BCUT2D eigenvalue weighted by molar-refractivity contribution is 5.91. The molecule has 1 aliphatic rings. The Balaban J connectivity index is 2.88. The molecule has 0 bridgehead atoms. The summed E-state index contributed by atoms with van der Waals surface area (Å²) in [4.78, 5) is 11.0. The van der Waals surface area contributed by atoms with Crippen LogP contribution in [0.5, 0.6) is 0 Å². The summed E-state index contributed by atoms with van der Waals surface area (Å²) in [5.41, 5.74) is 0.201. The lowest BCUT2D eigenvalue weighted by Crippen LogP contribution is -2.35. The van der Waals surface area contributed by atoms with Crippen molar-refractivity contribution in [1.29, 1.82) is 0 Å². The van der Waals surface area contributed by atoms with Crippen molar-refractivity contribution < 1.29 is 24.5 Å². The maximum absolute atomic E-state index is 11.0. The van der Waals surface area contributed by atoms with E-state index in [1.807, 2.05) is 0 Å². The van der Waals surface area contributed by atoms with Gasteiger partial charge >= 0.3 is 5.97 Å². The van der Waals surface area contributed by atoms with Crippen LogP contribution in [0.25, 0.3) is 0 Å². The quantitative estimate of drug-likeness (QED) is 0.494. The van der Waals surface area contributed by atoms with Crippen LogP contribution in [0.15, 0.2) is 23.5 Å². The first-order valence-corrected chi connectivity index (χ1v) is 4.00. The van der Waals surface area contributed by atoms with Gasteiger partial charge in [-0.3, -0.25) is 0 Å². The van der Waals surface area contributed by atoms with E-state index in [-0.39, 0.29) is 12.0 Å². The standard InChI is InChI=1S/C9H12O5/c1-13-8(11)6-3-4-9(12,14-2)7(10)5-6/h3,5,10,12H,4H2,1-2H3. The second kappa shape index (κ2) is 3.81. The van der Waals surface area contributed by atoms with E-state index in [2.05, 4.69) is 4.74 Å². The molecule has 0 aromatic heterocycles. The fourth-order valence-corrected chi connectivity index (χ4v) is 1.12. The summed E-state index contributed by atoms with van der Waals surface area (Å²) in [5.74, 6) is -2.69. The molecule has 14 heavy (non-hydrogen) atoms. The summed E-state index contributed by atoms with van der Waals surface area (Å²) in [6.45, 7) is 0. The smallest absolute Gasteiger partial charge is 0.337 e. The third kappa shape index (κ3) is 1.78. The number of hydrogen-bond acceptors (Lipinski definition) is 5. The molecule has 1 atom stereocenters. The van der Waals surface area contributed by atoms with Crippen LogP contribution in [-0.2, 0) is 14.3 Å². The van der Waals surface area contributed by atoms with Gasteiger partial charge in [-0.05, 0) is 6.08 Å². The monoisotopic (exact) mass is 200 g/mol. The maximum atomic E-state index is 11.0. The zero-order chi connectivity index (χ0) is 10.8. The van der Waals surface area contributed by atoms with Crippen LogP contribution in [-0.4, -0.2) is 36.2 Å². The molecule has 0 aromatic carbocycles. The molecular formula is C9H12O5. The Hall–Kier alpha value is -1.33. The van der Waals surface area contributed by atoms with Crippen molar-refractivity contribution in [2.24, 2.45) is 0 Å². The van der Waals surface area contributed by atoms with Crippen LogP contribution >= 0.6 is 0 Å². The molecule has 0 aromatic rings. The second-order valence-electron chi connectivity index (χ2n) is 2.87. The van der Waals surface area contributed by atoms with Crippen molar-refractivity contribution >= 4 is 5.97 Å². The molecule has 2 N–H and O–H groups in total. The first kappa shape index (κ1) is 10.7. The van der Waals surface area contributed by atoms with Crippen LogP contribution in [0.2, 0.25) is 0 Å². The maximum Gasteiger partial charge on any atom is 0.337 e. The Morgan fingerprint density at radius 3 is 2.64 bits per heavy atom. The molecular weight excluding hydrogens is 188 g/mol. The molecule has 0 fully saturated rings. The second-order valence-corrected chi connectivity index (χ2v) is 2.87. The van der Waals surface area contributed by atoms with Crippen molar-refractivity contribution in [3.8, 4) is 0 Å². The van der Waals surface area contributed by atoms with Crippen LogP contribution in [0.3, 0.4) is 0 Å². The predicted octanol–water partition coefficient (Wildman–Crippen LogP) is 0.266. The van der Waals surface area contributed by atoms with E-state index in [1.54, 1.807) is 0 Å². The number of hydrogen-bond donors (Lipinski definition) is 2. The minimum atomic E-state index is -1.72. The third-order valence-corrected chi connectivity index (χ3v) is 2.05. The van der Waals surface area contributed by atoms with Gasteiger partial charge in [0.15, 0.2) is 5.76 Å². The van der Waals surface area contributed by atoms with Gasteiger partial charge in [-0.25, -0.2) is 4.79 Å². The highest BCUT2D eigenvalue weighted by atomic mass is 16.6. The van der Waals surface area contributed by atoms with Gasteiger partial charge in [-0.1, -0.05) is 6.08 Å². The van der Waals surface area contributed by atoms with Gasteiger partial charge in [0.05, 0.1) is 12.7 Å². The minimum Gasteiger partial charge on any atom is -0.507 e. The highest BCUT2D eigenvalue weighted by Gasteiger charge is 2.34. The Morgan fingerprint density at radius 2 is 2.21 bits per heavy atom. The van der Waals surface area contributed by atoms with Gasteiger partial charge in [-0.15, -0.1) is 0 Å². The van der Waals surface area contributed by atoms with E-state index in [1.165, 1.54) is 20.3 Å². The van der Waals surface area contributed by atoms with E-state index in [0.29, 0.717) is 0 Å². The van der Waals surface area contributed by atoms with E-state index in [4.69, 9.17) is 4.74 Å². The third-order valence-electron chi connectivity index (χ3n) is 2.05. The summed E-state index contributed by atoms with van der Waals surface area (Å²) >= 11 is 0. The number of aliphatic hydroxyl groups is 2. The fraction of sp³-hybridized carbons (Fsp3) is 0.444. The molecule has 0 radical (unpaired) electrons. The van der Waals surface area contributed by atoms with Gasteiger partial charge in [0.2, 0.25) is 5.79 Å². The number of aliphatic hydroxyl groups excluding tert-OH is 1. The molecule has 0 heterocycles. The van der Waals surface area contributed by atoms with Crippen molar-refractivity contribution in [1.82, 2.24) is 0 Å². The number of methoxy groups -OCH3 is 2. The molecule has 5 heteroatoms. The molecule has 5 nitrogen and oxygen atoms in total. The van der Waals surface area contributed by atoms with Gasteiger partial charge < -0.3 is 19.7 Å². The Morgan fingerprint density at radius 1 is 1.57 bits per heavy atom. The van der Waals surface area contributed by atoms with Gasteiger partial charge in [0.25, 0.3) is 0 Å². The van der Waals surface area contributed by atoms with Crippen molar-refractivity contribution in [2.75, 3.05) is 14.2 Å². The predicted molar refractivity (Wildman–Crippen MR) is 47.4 cm³/mol. The first-order chi connectivity index (χ1) is 6.53.